The first kappa shape index (κ1) is 16.1. The van der Waals surface area contributed by atoms with E-state index in [1.54, 1.807) is 0 Å². The number of hydrogen-bond acceptors (Lipinski definition) is 5. The Kier molecular flexibility index (Phi) is 4.90. The first-order valence-electron chi connectivity index (χ1n) is 7.29. The molecule has 0 saturated heterocycles. The van der Waals surface area contributed by atoms with Crippen LogP contribution >= 0.6 is 0 Å². The Labute approximate surface area is 130 Å². The van der Waals surface area contributed by atoms with Gasteiger partial charge in [0.15, 0.2) is 5.79 Å². The molecule has 0 fully saturated rings. The van der Waals surface area contributed by atoms with Crippen molar-refractivity contribution in [2.24, 2.45) is 0 Å². The predicted molar refractivity (Wildman–Crippen MR) is 90.8 cm³/mol. The van der Waals surface area contributed by atoms with Gasteiger partial charge in [-0.15, -0.1) is 0 Å². The number of nitrogens with two attached hydrogens (primary N) is 2. The van der Waals surface area contributed by atoms with E-state index in [1.165, 1.54) is 6.92 Å². The van der Waals surface area contributed by atoms with Crippen LogP contribution < -0.4 is 16.8 Å². The van der Waals surface area contributed by atoms with Gasteiger partial charge in [-0.2, -0.15) is 0 Å². The third kappa shape index (κ3) is 4.95. The Morgan fingerprint density at radius 1 is 1.05 bits per heavy atom. The highest BCUT2D eigenvalue weighted by Gasteiger charge is 2.14. The van der Waals surface area contributed by atoms with Crippen LogP contribution in [0, 0.1) is 0 Å². The molecule has 118 valence electrons. The summed E-state index contributed by atoms with van der Waals surface area (Å²) in [5.41, 5.74) is 16.0. The molecule has 0 aliphatic rings. The number of nitrogen functional groups attached to an aromatic ring is 2. The van der Waals surface area contributed by atoms with Gasteiger partial charge in [0.1, 0.15) is 0 Å². The maximum atomic E-state index is 9.30. The van der Waals surface area contributed by atoms with Gasteiger partial charge in [-0.05, 0) is 55.7 Å². The van der Waals surface area contributed by atoms with Crippen LogP contribution in [0.1, 0.15) is 25.3 Å². The van der Waals surface area contributed by atoms with E-state index in [9.17, 15) is 10.2 Å². The zero-order valence-corrected chi connectivity index (χ0v) is 12.7. The minimum absolute atomic E-state index is 0.315. The zero-order chi connectivity index (χ0) is 16.2. The first-order valence-corrected chi connectivity index (χ1v) is 7.29. The van der Waals surface area contributed by atoms with Crippen molar-refractivity contribution in [1.29, 1.82) is 0 Å². The molecule has 5 nitrogen and oxygen atoms in total. The second-order valence-electron chi connectivity index (χ2n) is 5.73. The number of aryl methyl sites for hydroxylation is 1. The largest absolute Gasteiger partial charge is 0.399 e. The van der Waals surface area contributed by atoms with Crippen LogP contribution in [0.15, 0.2) is 42.5 Å². The summed E-state index contributed by atoms with van der Waals surface area (Å²) < 4.78 is 0. The van der Waals surface area contributed by atoms with E-state index in [-0.39, 0.29) is 0 Å². The minimum atomic E-state index is -1.62. The van der Waals surface area contributed by atoms with Crippen molar-refractivity contribution in [3.8, 4) is 0 Å². The maximum Gasteiger partial charge on any atom is 0.159 e. The Morgan fingerprint density at radius 3 is 2.41 bits per heavy atom. The highest BCUT2D eigenvalue weighted by molar-refractivity contribution is 5.67. The molecule has 0 spiro atoms. The van der Waals surface area contributed by atoms with Gasteiger partial charge in [0.25, 0.3) is 0 Å². The van der Waals surface area contributed by atoms with Gasteiger partial charge < -0.3 is 27.0 Å². The molecule has 0 aliphatic heterocycles. The van der Waals surface area contributed by atoms with Crippen LogP contribution in [0.25, 0.3) is 0 Å². The molecule has 0 heterocycles. The van der Waals surface area contributed by atoms with Gasteiger partial charge in [0, 0.05) is 29.2 Å². The van der Waals surface area contributed by atoms with Gasteiger partial charge >= 0.3 is 0 Å². The van der Waals surface area contributed by atoms with Gasteiger partial charge in [-0.25, -0.2) is 0 Å². The number of aliphatic hydroxyl groups is 2. The van der Waals surface area contributed by atoms with E-state index in [1.807, 2.05) is 42.5 Å². The summed E-state index contributed by atoms with van der Waals surface area (Å²) in [5.74, 6) is -1.62. The van der Waals surface area contributed by atoms with E-state index in [0.29, 0.717) is 30.6 Å². The summed E-state index contributed by atoms with van der Waals surface area (Å²) in [6.07, 6.45) is 1.69. The first-order chi connectivity index (χ1) is 10.3. The third-order valence-corrected chi connectivity index (χ3v) is 3.42. The van der Waals surface area contributed by atoms with Gasteiger partial charge in [-0.3, -0.25) is 0 Å². The smallest absolute Gasteiger partial charge is 0.159 e. The van der Waals surface area contributed by atoms with E-state index >= 15 is 0 Å². The molecule has 22 heavy (non-hydrogen) atoms. The third-order valence-electron chi connectivity index (χ3n) is 3.42. The summed E-state index contributed by atoms with van der Waals surface area (Å²) in [5, 5.41) is 21.9. The maximum absolute atomic E-state index is 9.30. The fourth-order valence-electron chi connectivity index (χ4n) is 2.30. The van der Waals surface area contributed by atoms with E-state index in [2.05, 4.69) is 5.32 Å². The lowest BCUT2D eigenvalue weighted by Gasteiger charge is -2.16. The lowest BCUT2D eigenvalue weighted by molar-refractivity contribution is -0.149. The second kappa shape index (κ2) is 6.68. The summed E-state index contributed by atoms with van der Waals surface area (Å²) in [6, 6.07) is 13.3. The van der Waals surface area contributed by atoms with Crippen LogP contribution in [0.5, 0.6) is 0 Å². The van der Waals surface area contributed by atoms with Crippen molar-refractivity contribution in [2.45, 2.75) is 32.0 Å². The topological polar surface area (TPSA) is 105 Å². The zero-order valence-electron chi connectivity index (χ0n) is 12.7. The average Bonchev–Trinajstić information content (AvgIpc) is 2.40. The average molecular weight is 301 g/mol. The van der Waals surface area contributed by atoms with E-state index in [4.69, 9.17) is 11.5 Å². The van der Waals surface area contributed by atoms with Crippen molar-refractivity contribution in [3.05, 3.63) is 48.0 Å². The molecular weight excluding hydrogens is 278 g/mol. The van der Waals surface area contributed by atoms with Gasteiger partial charge in [-0.1, -0.05) is 12.1 Å². The van der Waals surface area contributed by atoms with Crippen molar-refractivity contribution in [1.82, 2.24) is 0 Å². The fraction of sp³-hybridized carbons (Fsp3) is 0.294. The van der Waals surface area contributed by atoms with E-state index < -0.39 is 5.79 Å². The van der Waals surface area contributed by atoms with Crippen LogP contribution in [-0.4, -0.2) is 16.0 Å². The SMILES string of the molecule is CC(O)(O)CCCc1ccc(Nc2cccc(N)c2)cc1N. The van der Waals surface area contributed by atoms with Crippen LogP contribution in [0.4, 0.5) is 22.7 Å². The molecule has 0 saturated carbocycles. The number of anilines is 4. The Balaban J connectivity index is 2.00. The van der Waals surface area contributed by atoms with Gasteiger partial charge in [0.05, 0.1) is 0 Å². The number of nitrogens with one attached hydrogen (secondary N) is 1. The molecule has 0 bridgehead atoms. The molecular formula is C17H23N3O2. The van der Waals surface area contributed by atoms with Crippen LogP contribution in [0.3, 0.4) is 0 Å². The number of benzene rings is 2. The molecule has 0 atom stereocenters. The summed E-state index contributed by atoms with van der Waals surface area (Å²) in [7, 11) is 0. The highest BCUT2D eigenvalue weighted by atomic mass is 16.5. The van der Waals surface area contributed by atoms with Crippen LogP contribution in [-0.2, 0) is 6.42 Å². The minimum Gasteiger partial charge on any atom is -0.399 e. The molecule has 7 N–H and O–H groups in total. The molecule has 2 rings (SSSR count). The standard InChI is InChI=1S/C17H23N3O2/c1-17(21,22)9-3-4-12-7-8-15(11-16(12)19)20-14-6-2-5-13(18)10-14/h2,5-8,10-11,20-22H,3-4,9,18-19H2,1H3. The summed E-state index contributed by atoms with van der Waals surface area (Å²) in [6.45, 7) is 1.38. The van der Waals surface area contributed by atoms with E-state index in [0.717, 1.165) is 16.9 Å². The quantitative estimate of drug-likeness (QED) is 0.417. The summed E-state index contributed by atoms with van der Waals surface area (Å²) in [4.78, 5) is 0. The van der Waals surface area contributed by atoms with Crippen molar-refractivity contribution < 1.29 is 10.2 Å². The number of rotatable bonds is 6. The van der Waals surface area contributed by atoms with Crippen LogP contribution in [0.2, 0.25) is 0 Å². The predicted octanol–water partition coefficient (Wildman–Crippen LogP) is 2.62. The lowest BCUT2D eigenvalue weighted by atomic mass is 10.0. The molecule has 2 aromatic rings. The molecule has 0 aliphatic carbocycles. The second-order valence-corrected chi connectivity index (χ2v) is 5.73. The molecule has 0 aromatic heterocycles. The Hall–Kier alpha value is -2.24. The van der Waals surface area contributed by atoms with Crippen molar-refractivity contribution in [3.63, 3.8) is 0 Å². The fourth-order valence-corrected chi connectivity index (χ4v) is 2.30. The molecule has 2 aromatic carbocycles. The molecule has 0 unspecified atom stereocenters. The summed E-state index contributed by atoms with van der Waals surface area (Å²) >= 11 is 0. The Bertz CT molecular complexity index is 636. The molecule has 5 heteroatoms. The van der Waals surface area contributed by atoms with Gasteiger partial charge in [0.2, 0.25) is 0 Å². The molecule has 0 amide bonds. The lowest BCUT2D eigenvalue weighted by Crippen LogP contribution is -2.22. The number of hydrogen-bond donors (Lipinski definition) is 5. The highest BCUT2D eigenvalue weighted by Crippen LogP contribution is 2.24. The van der Waals surface area contributed by atoms with Crippen molar-refractivity contribution in [2.75, 3.05) is 16.8 Å². The van der Waals surface area contributed by atoms with Crippen molar-refractivity contribution >= 4 is 22.7 Å². The Morgan fingerprint density at radius 2 is 1.77 bits per heavy atom. The normalized spacial score (nSPS) is 11.4. The monoisotopic (exact) mass is 301 g/mol. The molecule has 0 radical (unpaired) electrons.